The number of fused-ring (bicyclic) bond motifs is 1. The third-order valence-electron chi connectivity index (χ3n) is 5.55. The van der Waals surface area contributed by atoms with Crippen LogP contribution >= 0.6 is 0 Å². The number of carbonyl (C=O) groups excluding carboxylic acids is 1. The number of rotatable bonds is 5. The molecule has 0 saturated carbocycles. The Morgan fingerprint density at radius 3 is 2.76 bits per heavy atom. The number of hydrogen-bond acceptors (Lipinski definition) is 6. The van der Waals surface area contributed by atoms with E-state index in [1.54, 1.807) is 25.2 Å². The van der Waals surface area contributed by atoms with Gasteiger partial charge in [-0.1, -0.05) is 18.2 Å². The summed E-state index contributed by atoms with van der Waals surface area (Å²) in [5, 5.41) is 9.94. The van der Waals surface area contributed by atoms with Crippen LogP contribution in [0.5, 0.6) is 11.5 Å². The lowest BCUT2D eigenvalue weighted by Crippen LogP contribution is -2.49. The minimum absolute atomic E-state index is 0.0890. The predicted molar refractivity (Wildman–Crippen MR) is 105 cm³/mol. The fraction of sp³-hybridized carbons (Fsp3) is 0.409. The van der Waals surface area contributed by atoms with Crippen LogP contribution in [0.1, 0.15) is 33.1 Å². The first-order chi connectivity index (χ1) is 14.2. The number of aliphatic hydroxyl groups excluding tert-OH is 1. The van der Waals surface area contributed by atoms with Crippen LogP contribution in [0.15, 0.2) is 36.4 Å². The molecule has 2 heterocycles. The monoisotopic (exact) mass is 399 g/mol. The van der Waals surface area contributed by atoms with Crippen LogP contribution in [-0.2, 0) is 22.7 Å². The Morgan fingerprint density at radius 1 is 1.17 bits per heavy atom. The molecule has 0 bridgehead atoms. The molecule has 0 spiro atoms. The van der Waals surface area contributed by atoms with Crippen molar-refractivity contribution in [2.75, 3.05) is 34.0 Å². The highest BCUT2D eigenvalue weighted by atomic mass is 16.5. The standard InChI is InChI=1S/C22H25NO6/c1-26-18-7-6-14(10-19(18)27-2)21-20(11-24)29-9-8-23(21)22(25)16-5-3-4-15-12-28-13-17(15)16/h3-7,10,20-21,24H,8-9,11-13H2,1-2H3/t20-,21-/m0/s1. The van der Waals surface area contributed by atoms with Crippen LogP contribution in [0.25, 0.3) is 0 Å². The van der Waals surface area contributed by atoms with E-state index in [4.69, 9.17) is 18.9 Å². The molecular formula is C22H25NO6. The van der Waals surface area contributed by atoms with Crippen molar-refractivity contribution in [3.63, 3.8) is 0 Å². The maximum atomic E-state index is 13.6. The lowest BCUT2D eigenvalue weighted by molar-refractivity contribution is -0.0812. The van der Waals surface area contributed by atoms with Crippen molar-refractivity contribution in [2.24, 2.45) is 0 Å². The van der Waals surface area contributed by atoms with Crippen LogP contribution in [-0.4, -0.2) is 56.0 Å². The highest BCUT2D eigenvalue weighted by molar-refractivity contribution is 5.96. The van der Waals surface area contributed by atoms with Crippen molar-refractivity contribution in [3.8, 4) is 11.5 Å². The zero-order valence-corrected chi connectivity index (χ0v) is 16.6. The van der Waals surface area contributed by atoms with Gasteiger partial charge in [-0.3, -0.25) is 4.79 Å². The molecule has 2 aromatic carbocycles. The molecule has 154 valence electrons. The summed E-state index contributed by atoms with van der Waals surface area (Å²) in [6, 6.07) is 10.8. The lowest BCUT2D eigenvalue weighted by Gasteiger charge is -2.41. The third kappa shape index (κ3) is 3.57. The van der Waals surface area contributed by atoms with Crippen molar-refractivity contribution in [1.82, 2.24) is 4.90 Å². The maximum Gasteiger partial charge on any atom is 0.254 e. The number of benzene rings is 2. The second kappa shape index (κ2) is 8.41. The van der Waals surface area contributed by atoms with Gasteiger partial charge in [0.2, 0.25) is 0 Å². The van der Waals surface area contributed by atoms with Crippen LogP contribution in [0.3, 0.4) is 0 Å². The number of ether oxygens (including phenoxy) is 4. The molecule has 1 fully saturated rings. The predicted octanol–water partition coefficient (Wildman–Crippen LogP) is 2.31. The molecule has 1 amide bonds. The van der Waals surface area contributed by atoms with Crippen molar-refractivity contribution >= 4 is 5.91 Å². The molecule has 0 unspecified atom stereocenters. The summed E-state index contributed by atoms with van der Waals surface area (Å²) in [5.74, 6) is 1.08. The Labute approximate surface area is 169 Å². The number of aliphatic hydroxyl groups is 1. The lowest BCUT2D eigenvalue weighted by atomic mass is 9.95. The van der Waals surface area contributed by atoms with E-state index in [2.05, 4.69) is 0 Å². The molecule has 29 heavy (non-hydrogen) atoms. The van der Waals surface area contributed by atoms with E-state index >= 15 is 0 Å². The van der Waals surface area contributed by atoms with Gasteiger partial charge in [0.05, 0.1) is 46.7 Å². The van der Waals surface area contributed by atoms with Crippen molar-refractivity contribution in [2.45, 2.75) is 25.4 Å². The zero-order valence-electron chi connectivity index (χ0n) is 16.6. The minimum Gasteiger partial charge on any atom is -0.493 e. The summed E-state index contributed by atoms with van der Waals surface area (Å²) in [6.07, 6.45) is -0.529. The number of hydrogen-bond donors (Lipinski definition) is 1. The van der Waals surface area contributed by atoms with Gasteiger partial charge in [-0.15, -0.1) is 0 Å². The van der Waals surface area contributed by atoms with Crippen molar-refractivity contribution < 1.29 is 28.8 Å². The molecule has 7 heteroatoms. The molecule has 2 atom stereocenters. The molecule has 2 aliphatic rings. The van der Waals surface area contributed by atoms with E-state index in [-0.39, 0.29) is 12.5 Å². The summed E-state index contributed by atoms with van der Waals surface area (Å²) in [6.45, 7) is 1.56. The highest BCUT2D eigenvalue weighted by Gasteiger charge is 2.38. The molecule has 0 aromatic heterocycles. The molecule has 7 nitrogen and oxygen atoms in total. The molecule has 2 aromatic rings. The number of carbonyl (C=O) groups is 1. The maximum absolute atomic E-state index is 13.6. The normalized spacial score (nSPS) is 21.0. The van der Waals surface area contributed by atoms with Crippen molar-refractivity contribution in [1.29, 1.82) is 0 Å². The Bertz CT molecular complexity index is 899. The van der Waals surface area contributed by atoms with E-state index in [0.29, 0.717) is 43.4 Å². The van der Waals surface area contributed by atoms with Gasteiger partial charge in [-0.25, -0.2) is 0 Å². The van der Waals surface area contributed by atoms with E-state index in [1.807, 2.05) is 30.3 Å². The average Bonchev–Trinajstić information content (AvgIpc) is 3.26. The van der Waals surface area contributed by atoms with Crippen LogP contribution < -0.4 is 9.47 Å². The summed E-state index contributed by atoms with van der Waals surface area (Å²) >= 11 is 0. The van der Waals surface area contributed by atoms with Gasteiger partial charge in [0.15, 0.2) is 11.5 Å². The SMILES string of the molecule is COc1ccc([C@H]2[C@H](CO)OCCN2C(=O)c2cccc3c2COC3)cc1OC. The van der Waals surface area contributed by atoms with Gasteiger partial charge < -0.3 is 29.0 Å². The molecule has 1 N–H and O–H groups in total. The van der Waals surface area contributed by atoms with Crippen LogP contribution in [0, 0.1) is 0 Å². The quantitative estimate of drug-likeness (QED) is 0.832. The second-order valence-corrected chi connectivity index (χ2v) is 7.09. The van der Waals surface area contributed by atoms with E-state index in [1.165, 1.54) is 0 Å². The summed E-state index contributed by atoms with van der Waals surface area (Å²) in [5.41, 5.74) is 3.45. The molecular weight excluding hydrogens is 374 g/mol. The van der Waals surface area contributed by atoms with Crippen LogP contribution in [0.4, 0.5) is 0 Å². The summed E-state index contributed by atoms with van der Waals surface area (Å²) in [4.78, 5) is 15.3. The number of methoxy groups -OCH3 is 2. The Morgan fingerprint density at radius 2 is 2.00 bits per heavy atom. The fourth-order valence-electron chi connectivity index (χ4n) is 4.10. The average molecular weight is 399 g/mol. The summed E-state index contributed by atoms with van der Waals surface area (Å²) < 4.78 is 22.1. The summed E-state index contributed by atoms with van der Waals surface area (Å²) in [7, 11) is 3.14. The van der Waals surface area contributed by atoms with Gasteiger partial charge in [0.1, 0.15) is 6.10 Å². The molecule has 2 aliphatic heterocycles. The van der Waals surface area contributed by atoms with E-state index in [9.17, 15) is 9.90 Å². The van der Waals surface area contributed by atoms with E-state index < -0.39 is 12.1 Å². The molecule has 1 saturated heterocycles. The second-order valence-electron chi connectivity index (χ2n) is 7.09. The molecule has 4 rings (SSSR count). The zero-order chi connectivity index (χ0) is 20.4. The van der Waals surface area contributed by atoms with Gasteiger partial charge in [-0.05, 0) is 34.9 Å². The Hall–Kier alpha value is -2.61. The van der Waals surface area contributed by atoms with Gasteiger partial charge >= 0.3 is 0 Å². The molecule has 0 aliphatic carbocycles. The first kappa shape index (κ1) is 19.7. The topological polar surface area (TPSA) is 77.5 Å². The smallest absolute Gasteiger partial charge is 0.254 e. The number of amides is 1. The number of morpholine rings is 1. The fourth-order valence-corrected chi connectivity index (χ4v) is 4.10. The van der Waals surface area contributed by atoms with Gasteiger partial charge in [0, 0.05) is 12.1 Å². The third-order valence-corrected chi connectivity index (χ3v) is 5.55. The number of nitrogens with zero attached hydrogens (tertiary/aromatic N) is 1. The first-order valence-corrected chi connectivity index (χ1v) is 9.61. The van der Waals surface area contributed by atoms with Crippen molar-refractivity contribution in [3.05, 3.63) is 58.7 Å². The Balaban J connectivity index is 1.73. The molecule has 0 radical (unpaired) electrons. The van der Waals surface area contributed by atoms with E-state index in [0.717, 1.165) is 16.7 Å². The highest BCUT2D eigenvalue weighted by Crippen LogP contribution is 2.37. The Kier molecular flexibility index (Phi) is 5.71. The van der Waals surface area contributed by atoms with Crippen LogP contribution in [0.2, 0.25) is 0 Å². The largest absolute Gasteiger partial charge is 0.493 e. The minimum atomic E-state index is -0.529. The van der Waals surface area contributed by atoms with Gasteiger partial charge in [0.25, 0.3) is 5.91 Å². The first-order valence-electron chi connectivity index (χ1n) is 9.61. The van der Waals surface area contributed by atoms with Gasteiger partial charge in [-0.2, -0.15) is 0 Å².